The van der Waals surface area contributed by atoms with E-state index in [0.717, 1.165) is 10.8 Å². The van der Waals surface area contributed by atoms with E-state index in [2.05, 4.69) is 15.9 Å². The maximum atomic E-state index is 13.8. The summed E-state index contributed by atoms with van der Waals surface area (Å²) in [6.45, 7) is 0. The van der Waals surface area contributed by atoms with Gasteiger partial charge < -0.3 is 0 Å². The lowest BCUT2D eigenvalue weighted by molar-refractivity contribution is 0.103. The Bertz CT molecular complexity index is 811. The molecule has 3 rings (SSSR count). The summed E-state index contributed by atoms with van der Waals surface area (Å²) in [6, 6.07) is 17.6. The number of halogens is 2. The fraction of sp³-hybridized carbons (Fsp3) is 0. The maximum absolute atomic E-state index is 13.8. The topological polar surface area (TPSA) is 17.1 Å². The first-order chi connectivity index (χ1) is 9.65. The zero-order valence-corrected chi connectivity index (χ0v) is 12.0. The average molecular weight is 329 g/mol. The predicted octanol–water partition coefficient (Wildman–Crippen LogP) is 4.97. The van der Waals surface area contributed by atoms with Gasteiger partial charge in [0, 0.05) is 10.0 Å². The van der Waals surface area contributed by atoms with Crippen LogP contribution in [0.2, 0.25) is 0 Å². The average Bonchev–Trinajstić information content (AvgIpc) is 2.46. The van der Waals surface area contributed by atoms with Crippen molar-refractivity contribution in [2.45, 2.75) is 0 Å². The van der Waals surface area contributed by atoms with Crippen molar-refractivity contribution in [2.24, 2.45) is 0 Å². The van der Waals surface area contributed by atoms with Gasteiger partial charge in [0.2, 0.25) is 0 Å². The number of benzene rings is 3. The Morgan fingerprint density at radius 3 is 2.40 bits per heavy atom. The van der Waals surface area contributed by atoms with Crippen LogP contribution in [0.25, 0.3) is 10.8 Å². The van der Waals surface area contributed by atoms with Crippen molar-refractivity contribution in [3.8, 4) is 0 Å². The molecule has 0 aliphatic carbocycles. The van der Waals surface area contributed by atoms with E-state index < -0.39 is 5.82 Å². The molecular weight excluding hydrogens is 319 g/mol. The minimum atomic E-state index is -0.516. The second-order valence-electron chi connectivity index (χ2n) is 4.52. The number of hydrogen-bond donors (Lipinski definition) is 0. The highest BCUT2D eigenvalue weighted by Gasteiger charge is 2.14. The first-order valence-electron chi connectivity index (χ1n) is 6.14. The van der Waals surface area contributed by atoms with E-state index >= 15 is 0 Å². The van der Waals surface area contributed by atoms with Gasteiger partial charge in [0.15, 0.2) is 5.78 Å². The largest absolute Gasteiger partial charge is 0.288 e. The summed E-state index contributed by atoms with van der Waals surface area (Å²) in [5.41, 5.74) is 0.577. The summed E-state index contributed by atoms with van der Waals surface area (Å²) in [4.78, 5) is 12.4. The van der Waals surface area contributed by atoms with Gasteiger partial charge in [0.1, 0.15) is 5.82 Å². The minimum Gasteiger partial charge on any atom is -0.288 e. The van der Waals surface area contributed by atoms with E-state index in [0.29, 0.717) is 10.0 Å². The van der Waals surface area contributed by atoms with Crippen LogP contribution < -0.4 is 0 Å². The van der Waals surface area contributed by atoms with E-state index in [1.54, 1.807) is 18.2 Å². The van der Waals surface area contributed by atoms with E-state index in [1.807, 2.05) is 30.3 Å². The standard InChI is InChI=1S/C17H10BrFO/c18-14-7-8-15(16(19)10-14)17(20)13-6-5-11-3-1-2-4-12(11)9-13/h1-10H. The Morgan fingerprint density at radius 1 is 0.900 bits per heavy atom. The summed E-state index contributed by atoms with van der Waals surface area (Å²) in [6.07, 6.45) is 0. The number of fused-ring (bicyclic) bond motifs is 1. The zero-order chi connectivity index (χ0) is 14.1. The number of carbonyl (C=O) groups excluding carboxylic acids is 1. The fourth-order valence-electron chi connectivity index (χ4n) is 2.16. The summed E-state index contributed by atoms with van der Waals surface area (Å²) in [7, 11) is 0. The lowest BCUT2D eigenvalue weighted by Crippen LogP contribution is -2.04. The van der Waals surface area contributed by atoms with Gasteiger partial charge in [-0.2, -0.15) is 0 Å². The smallest absolute Gasteiger partial charge is 0.195 e. The van der Waals surface area contributed by atoms with E-state index in [9.17, 15) is 9.18 Å². The maximum Gasteiger partial charge on any atom is 0.195 e. The molecule has 3 heteroatoms. The molecule has 0 saturated heterocycles. The summed E-state index contributed by atoms with van der Waals surface area (Å²) < 4.78 is 14.5. The fourth-order valence-corrected chi connectivity index (χ4v) is 2.49. The van der Waals surface area contributed by atoms with Gasteiger partial charge in [-0.3, -0.25) is 4.79 Å². The molecule has 3 aromatic carbocycles. The lowest BCUT2D eigenvalue weighted by atomic mass is 10.00. The van der Waals surface area contributed by atoms with Gasteiger partial charge in [-0.05, 0) is 35.0 Å². The van der Waals surface area contributed by atoms with E-state index in [-0.39, 0.29) is 11.3 Å². The molecule has 0 spiro atoms. The molecule has 0 bridgehead atoms. The van der Waals surface area contributed by atoms with Crippen molar-refractivity contribution >= 4 is 32.5 Å². The molecule has 20 heavy (non-hydrogen) atoms. The predicted molar refractivity (Wildman–Crippen MR) is 81.5 cm³/mol. The third-order valence-electron chi connectivity index (χ3n) is 3.19. The summed E-state index contributed by atoms with van der Waals surface area (Å²) >= 11 is 3.18. The zero-order valence-electron chi connectivity index (χ0n) is 10.4. The van der Waals surface area contributed by atoms with Gasteiger partial charge in [-0.25, -0.2) is 4.39 Å². The molecule has 0 unspecified atom stereocenters. The van der Waals surface area contributed by atoms with Crippen LogP contribution in [0.5, 0.6) is 0 Å². The number of rotatable bonds is 2. The third-order valence-corrected chi connectivity index (χ3v) is 3.68. The Labute approximate surface area is 124 Å². The van der Waals surface area contributed by atoms with Crippen LogP contribution in [0.4, 0.5) is 4.39 Å². The number of hydrogen-bond acceptors (Lipinski definition) is 1. The van der Waals surface area contributed by atoms with Crippen LogP contribution in [-0.4, -0.2) is 5.78 Å². The van der Waals surface area contributed by atoms with Gasteiger partial charge in [0.05, 0.1) is 5.56 Å². The third kappa shape index (κ3) is 2.37. The molecular formula is C17H10BrFO. The molecule has 0 aliphatic rings. The van der Waals surface area contributed by atoms with Gasteiger partial charge in [0.25, 0.3) is 0 Å². The highest BCUT2D eigenvalue weighted by atomic mass is 79.9. The lowest BCUT2D eigenvalue weighted by Gasteiger charge is -2.05. The molecule has 1 nitrogen and oxygen atoms in total. The van der Waals surface area contributed by atoms with E-state index in [1.165, 1.54) is 12.1 Å². The molecule has 0 fully saturated rings. The van der Waals surface area contributed by atoms with Crippen LogP contribution in [-0.2, 0) is 0 Å². The number of carbonyl (C=O) groups is 1. The Hall–Kier alpha value is -2.00. The first-order valence-corrected chi connectivity index (χ1v) is 6.93. The molecule has 0 saturated carbocycles. The Kier molecular flexibility index (Phi) is 3.36. The molecule has 98 valence electrons. The number of ketones is 1. The SMILES string of the molecule is O=C(c1ccc2ccccc2c1)c1ccc(Br)cc1F. The summed E-state index contributed by atoms with van der Waals surface area (Å²) in [5, 5.41) is 2.02. The van der Waals surface area contributed by atoms with Crippen LogP contribution in [0, 0.1) is 5.82 Å². The molecule has 0 N–H and O–H groups in total. The van der Waals surface area contributed by atoms with Crippen molar-refractivity contribution in [3.63, 3.8) is 0 Å². The van der Waals surface area contributed by atoms with Gasteiger partial charge >= 0.3 is 0 Å². The van der Waals surface area contributed by atoms with E-state index in [4.69, 9.17) is 0 Å². The Balaban J connectivity index is 2.08. The van der Waals surface area contributed by atoms with Crippen molar-refractivity contribution < 1.29 is 9.18 Å². The van der Waals surface area contributed by atoms with Crippen LogP contribution >= 0.6 is 15.9 Å². The second kappa shape index (κ2) is 5.17. The van der Waals surface area contributed by atoms with Gasteiger partial charge in [-0.15, -0.1) is 0 Å². The van der Waals surface area contributed by atoms with Crippen molar-refractivity contribution in [1.29, 1.82) is 0 Å². The molecule has 0 aliphatic heterocycles. The molecule has 3 aromatic rings. The molecule has 0 atom stereocenters. The highest BCUT2D eigenvalue weighted by molar-refractivity contribution is 9.10. The van der Waals surface area contributed by atoms with Crippen LogP contribution in [0.15, 0.2) is 65.1 Å². The quantitative estimate of drug-likeness (QED) is 0.607. The van der Waals surface area contributed by atoms with Crippen molar-refractivity contribution in [1.82, 2.24) is 0 Å². The molecule has 0 heterocycles. The van der Waals surface area contributed by atoms with Crippen LogP contribution in [0.1, 0.15) is 15.9 Å². The summed E-state index contributed by atoms with van der Waals surface area (Å²) in [5.74, 6) is -0.821. The normalized spacial score (nSPS) is 10.7. The first kappa shape index (κ1) is 13.0. The van der Waals surface area contributed by atoms with Gasteiger partial charge in [-0.1, -0.05) is 52.3 Å². The van der Waals surface area contributed by atoms with Crippen molar-refractivity contribution in [3.05, 3.63) is 82.1 Å². The monoisotopic (exact) mass is 328 g/mol. The van der Waals surface area contributed by atoms with Crippen molar-refractivity contribution in [2.75, 3.05) is 0 Å². The molecule has 0 amide bonds. The highest BCUT2D eigenvalue weighted by Crippen LogP contribution is 2.21. The van der Waals surface area contributed by atoms with Crippen LogP contribution in [0.3, 0.4) is 0 Å². The molecule has 0 radical (unpaired) electrons. The second-order valence-corrected chi connectivity index (χ2v) is 5.43. The Morgan fingerprint density at radius 2 is 1.65 bits per heavy atom. The minimum absolute atomic E-state index is 0.0866. The molecule has 0 aromatic heterocycles.